The number of thiophene rings is 1. The van der Waals surface area contributed by atoms with E-state index in [-0.39, 0.29) is 12.3 Å². The number of hydrogen-bond donors (Lipinski definition) is 0. The van der Waals surface area contributed by atoms with Gasteiger partial charge in [0.1, 0.15) is 5.75 Å². The molecule has 2 atom stereocenters. The van der Waals surface area contributed by atoms with Gasteiger partial charge in [-0.25, -0.2) is 0 Å². The fraction of sp³-hybridized carbons (Fsp3) is 0.273. The predicted molar refractivity (Wildman–Crippen MR) is 114 cm³/mol. The molecule has 2 unspecified atom stereocenters. The Hall–Kier alpha value is -1.49. The van der Waals surface area contributed by atoms with Gasteiger partial charge in [-0.3, -0.25) is 0 Å². The first-order valence-corrected chi connectivity index (χ1v) is 11.3. The molecule has 2 nitrogen and oxygen atoms in total. The van der Waals surface area contributed by atoms with Crippen LogP contribution in [0.4, 0.5) is 5.69 Å². The molecule has 136 valence electrons. The lowest BCUT2D eigenvalue weighted by atomic mass is 10.00. The maximum atomic E-state index is 6.59. The summed E-state index contributed by atoms with van der Waals surface area (Å²) < 4.78 is 7.64. The molecule has 3 heterocycles. The lowest BCUT2D eigenvalue weighted by Gasteiger charge is -2.40. The molecule has 0 N–H and O–H groups in total. The number of halogens is 2. The van der Waals surface area contributed by atoms with Crippen LogP contribution in [0, 0.1) is 0 Å². The summed E-state index contributed by atoms with van der Waals surface area (Å²) in [6, 6.07) is 17.5. The molecule has 0 spiro atoms. The molecule has 3 aliphatic rings. The Kier molecular flexibility index (Phi) is 3.66. The Balaban J connectivity index is 1.50. The van der Waals surface area contributed by atoms with Crippen LogP contribution in [-0.2, 0) is 6.42 Å². The normalized spacial score (nSPS) is 22.8. The minimum absolute atomic E-state index is 0.0864. The molecule has 0 radical (unpaired) electrons. The zero-order valence-electron chi connectivity index (χ0n) is 14.5. The van der Waals surface area contributed by atoms with E-state index in [9.17, 15) is 0 Å². The van der Waals surface area contributed by atoms with Crippen molar-refractivity contribution in [3.05, 3.63) is 78.9 Å². The predicted octanol–water partition coefficient (Wildman–Crippen LogP) is 7.24. The molecule has 1 aliphatic carbocycles. The van der Waals surface area contributed by atoms with Gasteiger partial charge in [0.25, 0.3) is 0 Å². The minimum Gasteiger partial charge on any atom is -0.465 e. The summed E-state index contributed by atoms with van der Waals surface area (Å²) in [5.41, 5.74) is 3.79. The molecular formula is C22H17BrClNOS. The van der Waals surface area contributed by atoms with Gasteiger partial charge in [-0.2, -0.15) is 0 Å². The van der Waals surface area contributed by atoms with Crippen LogP contribution in [0.1, 0.15) is 51.9 Å². The third-order valence-corrected chi connectivity index (χ3v) is 7.77. The standard InChI is InChI=1S/C22H17BrClNOS/c23-14-3-5-16-18-10-13-9-15(24)4-6-17(13)25(18)22(26-19(16)11-14)21-8-7-20(27-21)12-1-2-12/h3-9,11-12,18,22H,1-2,10H2. The zero-order chi connectivity index (χ0) is 18.1. The summed E-state index contributed by atoms with van der Waals surface area (Å²) in [5, 5.41) is 0.800. The van der Waals surface area contributed by atoms with Crippen molar-refractivity contribution in [2.75, 3.05) is 4.90 Å². The Morgan fingerprint density at radius 2 is 1.89 bits per heavy atom. The fourth-order valence-electron chi connectivity index (χ4n) is 4.34. The fourth-order valence-corrected chi connectivity index (χ4v) is 6.08. The monoisotopic (exact) mass is 457 g/mol. The summed E-state index contributed by atoms with van der Waals surface area (Å²) in [7, 11) is 0. The molecule has 0 saturated heterocycles. The van der Waals surface area contributed by atoms with Crippen molar-refractivity contribution >= 4 is 44.6 Å². The van der Waals surface area contributed by atoms with Gasteiger partial charge in [-0.05, 0) is 73.2 Å². The van der Waals surface area contributed by atoms with E-state index in [4.69, 9.17) is 16.3 Å². The highest BCUT2D eigenvalue weighted by atomic mass is 79.9. The maximum Gasteiger partial charge on any atom is 0.208 e. The topological polar surface area (TPSA) is 12.5 Å². The van der Waals surface area contributed by atoms with E-state index >= 15 is 0 Å². The molecule has 2 aliphatic heterocycles. The third kappa shape index (κ3) is 2.65. The van der Waals surface area contributed by atoms with Crippen LogP contribution in [0.2, 0.25) is 5.02 Å². The van der Waals surface area contributed by atoms with Gasteiger partial charge >= 0.3 is 0 Å². The van der Waals surface area contributed by atoms with E-state index < -0.39 is 0 Å². The average molecular weight is 459 g/mol. The molecule has 0 amide bonds. The van der Waals surface area contributed by atoms with Crippen molar-refractivity contribution in [3.8, 4) is 5.75 Å². The zero-order valence-corrected chi connectivity index (χ0v) is 17.7. The van der Waals surface area contributed by atoms with Crippen molar-refractivity contribution in [1.29, 1.82) is 0 Å². The van der Waals surface area contributed by atoms with Crippen molar-refractivity contribution in [3.63, 3.8) is 0 Å². The van der Waals surface area contributed by atoms with Gasteiger partial charge in [-0.1, -0.05) is 33.6 Å². The summed E-state index contributed by atoms with van der Waals surface area (Å²) >= 11 is 11.8. The average Bonchev–Trinajstić information content (AvgIpc) is 3.26. The Labute approximate surface area is 175 Å². The number of fused-ring (bicyclic) bond motifs is 5. The lowest BCUT2D eigenvalue weighted by molar-refractivity contribution is 0.170. The van der Waals surface area contributed by atoms with E-state index in [2.05, 4.69) is 63.3 Å². The molecule has 0 bridgehead atoms. The lowest BCUT2D eigenvalue weighted by Crippen LogP contribution is -2.37. The summed E-state index contributed by atoms with van der Waals surface area (Å²) in [5.74, 6) is 1.75. The second kappa shape index (κ2) is 6.00. The minimum atomic E-state index is -0.0864. The third-order valence-electron chi connectivity index (χ3n) is 5.77. The molecule has 27 heavy (non-hydrogen) atoms. The van der Waals surface area contributed by atoms with Crippen LogP contribution in [0.15, 0.2) is 53.0 Å². The van der Waals surface area contributed by atoms with E-state index in [1.807, 2.05) is 17.4 Å². The Morgan fingerprint density at radius 1 is 1.04 bits per heavy atom. The van der Waals surface area contributed by atoms with E-state index in [1.165, 1.54) is 39.4 Å². The second-order valence-corrected chi connectivity index (χ2v) is 10.1. The van der Waals surface area contributed by atoms with Gasteiger partial charge in [0.05, 0.1) is 10.9 Å². The van der Waals surface area contributed by atoms with Crippen molar-refractivity contribution < 1.29 is 4.74 Å². The van der Waals surface area contributed by atoms with E-state index in [0.29, 0.717) is 0 Å². The first kappa shape index (κ1) is 16.5. The molecule has 5 heteroatoms. The van der Waals surface area contributed by atoms with Gasteiger partial charge < -0.3 is 9.64 Å². The summed E-state index contributed by atoms with van der Waals surface area (Å²) in [4.78, 5) is 5.24. The Morgan fingerprint density at radius 3 is 2.74 bits per heavy atom. The van der Waals surface area contributed by atoms with Crippen molar-refractivity contribution in [2.45, 2.75) is 37.5 Å². The number of nitrogens with zero attached hydrogens (tertiary/aromatic N) is 1. The van der Waals surface area contributed by atoms with Gasteiger partial charge in [0.15, 0.2) is 0 Å². The molecule has 2 aromatic carbocycles. The first-order chi connectivity index (χ1) is 13.2. The highest BCUT2D eigenvalue weighted by Crippen LogP contribution is 2.54. The molecular weight excluding hydrogens is 442 g/mol. The molecule has 1 saturated carbocycles. The second-order valence-electron chi connectivity index (χ2n) is 7.57. The van der Waals surface area contributed by atoms with Gasteiger partial charge in [0, 0.05) is 25.6 Å². The number of ether oxygens (including phenoxy) is 1. The number of hydrogen-bond acceptors (Lipinski definition) is 3. The highest BCUT2D eigenvalue weighted by Gasteiger charge is 2.43. The summed E-state index contributed by atoms with van der Waals surface area (Å²) in [6.07, 6.45) is 3.53. The van der Waals surface area contributed by atoms with Crippen LogP contribution >= 0.6 is 38.9 Å². The largest absolute Gasteiger partial charge is 0.465 e. The van der Waals surface area contributed by atoms with E-state index in [1.54, 1.807) is 0 Å². The highest BCUT2D eigenvalue weighted by molar-refractivity contribution is 9.10. The first-order valence-electron chi connectivity index (χ1n) is 9.30. The van der Waals surface area contributed by atoms with Crippen LogP contribution < -0.4 is 9.64 Å². The number of benzene rings is 2. The van der Waals surface area contributed by atoms with Crippen molar-refractivity contribution in [2.24, 2.45) is 0 Å². The van der Waals surface area contributed by atoms with Crippen LogP contribution in [0.25, 0.3) is 0 Å². The van der Waals surface area contributed by atoms with Gasteiger partial charge in [0.2, 0.25) is 6.23 Å². The smallest absolute Gasteiger partial charge is 0.208 e. The quantitative estimate of drug-likeness (QED) is 0.401. The molecule has 1 aromatic heterocycles. The van der Waals surface area contributed by atoms with Crippen LogP contribution in [0.3, 0.4) is 0 Å². The van der Waals surface area contributed by atoms with Gasteiger partial charge in [-0.15, -0.1) is 11.3 Å². The van der Waals surface area contributed by atoms with Crippen LogP contribution in [-0.4, -0.2) is 0 Å². The number of anilines is 1. The SMILES string of the molecule is Clc1ccc2c(c1)CC1c3ccc(Br)cc3OC(c3ccc(C4CC4)s3)N21. The molecule has 6 rings (SSSR count). The Bertz CT molecular complexity index is 1060. The number of rotatable bonds is 2. The van der Waals surface area contributed by atoms with E-state index in [0.717, 1.165) is 27.6 Å². The molecule has 3 aromatic rings. The van der Waals surface area contributed by atoms with Crippen molar-refractivity contribution in [1.82, 2.24) is 0 Å². The van der Waals surface area contributed by atoms with Crippen LogP contribution in [0.5, 0.6) is 5.75 Å². The maximum absolute atomic E-state index is 6.59. The summed E-state index contributed by atoms with van der Waals surface area (Å²) in [6.45, 7) is 0. The molecule has 1 fully saturated rings.